The second kappa shape index (κ2) is 8.03. The number of methoxy groups -OCH3 is 2. The zero-order chi connectivity index (χ0) is 17.6. The van der Waals surface area contributed by atoms with Crippen molar-refractivity contribution in [1.82, 2.24) is 0 Å². The second-order valence-electron chi connectivity index (χ2n) is 5.23. The van der Waals surface area contributed by atoms with E-state index in [1.165, 1.54) is 6.07 Å². The maximum absolute atomic E-state index is 12.5. The molecule has 0 saturated heterocycles. The van der Waals surface area contributed by atoms with Gasteiger partial charge in [0.15, 0.2) is 0 Å². The molecule has 24 heavy (non-hydrogen) atoms. The van der Waals surface area contributed by atoms with Crippen molar-refractivity contribution in [2.75, 3.05) is 37.4 Å². The van der Waals surface area contributed by atoms with Crippen molar-refractivity contribution in [3.63, 3.8) is 0 Å². The fourth-order valence-corrected chi connectivity index (χ4v) is 3.33. The van der Waals surface area contributed by atoms with E-state index in [-0.39, 0.29) is 4.90 Å². The minimum absolute atomic E-state index is 0.197. The van der Waals surface area contributed by atoms with Crippen LogP contribution in [0.1, 0.15) is 5.56 Å². The average molecular weight is 350 g/mol. The molecule has 2 aromatic carbocycles. The monoisotopic (exact) mass is 350 g/mol. The Morgan fingerprint density at radius 1 is 1.00 bits per heavy atom. The number of anilines is 2. The van der Waals surface area contributed by atoms with Gasteiger partial charge in [-0.05, 0) is 55.0 Å². The molecule has 2 aromatic rings. The quantitative estimate of drug-likeness (QED) is 0.716. The highest BCUT2D eigenvalue weighted by Crippen LogP contribution is 2.23. The number of nitrogens with one attached hydrogen (secondary N) is 2. The first-order chi connectivity index (χ1) is 11.5. The molecule has 0 amide bonds. The molecule has 130 valence electrons. The zero-order valence-electron chi connectivity index (χ0n) is 14.0. The van der Waals surface area contributed by atoms with Crippen LogP contribution >= 0.6 is 0 Å². The summed E-state index contributed by atoms with van der Waals surface area (Å²) >= 11 is 0. The molecule has 0 aliphatic heterocycles. The third-order valence-electron chi connectivity index (χ3n) is 3.45. The van der Waals surface area contributed by atoms with Gasteiger partial charge in [-0.1, -0.05) is 0 Å². The Balaban J connectivity index is 2.10. The first-order valence-corrected chi connectivity index (χ1v) is 8.95. The van der Waals surface area contributed by atoms with Crippen LogP contribution in [-0.2, 0) is 14.8 Å². The molecule has 0 bridgehead atoms. The van der Waals surface area contributed by atoms with Gasteiger partial charge in [0.05, 0.1) is 18.6 Å². The minimum Gasteiger partial charge on any atom is -0.496 e. The van der Waals surface area contributed by atoms with Gasteiger partial charge in [0.1, 0.15) is 5.75 Å². The van der Waals surface area contributed by atoms with Gasteiger partial charge in [-0.25, -0.2) is 8.42 Å². The SMILES string of the molecule is COCCNc1ccc(NS(=O)(=O)c2ccc(OC)c(C)c2)cc1. The molecule has 2 N–H and O–H groups in total. The molecule has 7 heteroatoms. The largest absolute Gasteiger partial charge is 0.496 e. The minimum atomic E-state index is -3.64. The van der Waals surface area contributed by atoms with E-state index >= 15 is 0 Å². The number of ether oxygens (including phenoxy) is 2. The molecule has 0 aliphatic carbocycles. The van der Waals surface area contributed by atoms with Crippen LogP contribution < -0.4 is 14.8 Å². The van der Waals surface area contributed by atoms with Gasteiger partial charge >= 0.3 is 0 Å². The van der Waals surface area contributed by atoms with Gasteiger partial charge in [-0.15, -0.1) is 0 Å². The van der Waals surface area contributed by atoms with E-state index < -0.39 is 10.0 Å². The van der Waals surface area contributed by atoms with E-state index in [2.05, 4.69) is 10.0 Å². The van der Waals surface area contributed by atoms with Crippen LogP contribution in [0.25, 0.3) is 0 Å². The van der Waals surface area contributed by atoms with Crippen molar-refractivity contribution in [3.8, 4) is 5.75 Å². The second-order valence-corrected chi connectivity index (χ2v) is 6.92. The standard InChI is InChI=1S/C17H22N2O4S/c1-13-12-16(8-9-17(13)23-3)24(20,21)19-15-6-4-14(5-7-15)18-10-11-22-2/h4-9,12,18-19H,10-11H2,1-3H3. The van der Waals surface area contributed by atoms with Crippen molar-refractivity contribution in [3.05, 3.63) is 48.0 Å². The van der Waals surface area contributed by atoms with Crippen molar-refractivity contribution in [2.45, 2.75) is 11.8 Å². The van der Waals surface area contributed by atoms with Crippen LogP contribution in [-0.4, -0.2) is 35.8 Å². The normalized spacial score (nSPS) is 11.1. The summed E-state index contributed by atoms with van der Waals surface area (Å²) in [6, 6.07) is 11.8. The summed E-state index contributed by atoms with van der Waals surface area (Å²) in [4.78, 5) is 0.197. The lowest BCUT2D eigenvalue weighted by Crippen LogP contribution is -2.13. The number of hydrogen-bond acceptors (Lipinski definition) is 5. The molecular formula is C17H22N2O4S. The number of sulfonamides is 1. The van der Waals surface area contributed by atoms with Crippen molar-refractivity contribution in [2.24, 2.45) is 0 Å². The van der Waals surface area contributed by atoms with E-state index in [1.54, 1.807) is 45.4 Å². The van der Waals surface area contributed by atoms with Crippen LogP contribution in [0.2, 0.25) is 0 Å². The number of benzene rings is 2. The summed E-state index contributed by atoms with van der Waals surface area (Å²) in [6.45, 7) is 3.09. The third-order valence-corrected chi connectivity index (χ3v) is 4.83. The molecule has 6 nitrogen and oxygen atoms in total. The lowest BCUT2D eigenvalue weighted by Gasteiger charge is -2.11. The summed E-state index contributed by atoms with van der Waals surface area (Å²) in [5.74, 6) is 0.653. The van der Waals surface area contributed by atoms with E-state index in [0.29, 0.717) is 24.6 Å². The maximum atomic E-state index is 12.5. The van der Waals surface area contributed by atoms with Crippen LogP contribution in [0.4, 0.5) is 11.4 Å². The Kier molecular flexibility index (Phi) is 6.05. The number of rotatable bonds is 8. The highest BCUT2D eigenvalue weighted by Gasteiger charge is 2.15. The Morgan fingerprint density at radius 3 is 2.25 bits per heavy atom. The van der Waals surface area contributed by atoms with E-state index in [1.807, 2.05) is 12.1 Å². The van der Waals surface area contributed by atoms with Gasteiger partial charge in [-0.3, -0.25) is 4.72 Å². The molecule has 0 saturated carbocycles. The zero-order valence-corrected chi connectivity index (χ0v) is 14.8. The van der Waals surface area contributed by atoms with E-state index in [0.717, 1.165) is 11.3 Å². The first kappa shape index (κ1) is 18.1. The summed E-state index contributed by atoms with van der Waals surface area (Å²) < 4.78 is 37.6. The van der Waals surface area contributed by atoms with Crippen LogP contribution in [0, 0.1) is 6.92 Å². The van der Waals surface area contributed by atoms with Crippen molar-refractivity contribution >= 4 is 21.4 Å². The summed E-state index contributed by atoms with van der Waals surface area (Å²) in [6.07, 6.45) is 0. The Bertz CT molecular complexity index is 774. The Hall–Kier alpha value is -2.25. The first-order valence-electron chi connectivity index (χ1n) is 7.46. The van der Waals surface area contributed by atoms with E-state index in [4.69, 9.17) is 9.47 Å². The van der Waals surface area contributed by atoms with Crippen LogP contribution in [0.15, 0.2) is 47.4 Å². The molecule has 0 radical (unpaired) electrons. The van der Waals surface area contributed by atoms with Crippen LogP contribution in [0.5, 0.6) is 5.75 Å². The Labute approximate surface area is 142 Å². The van der Waals surface area contributed by atoms with Gasteiger partial charge < -0.3 is 14.8 Å². The number of hydrogen-bond donors (Lipinski definition) is 2. The Morgan fingerprint density at radius 2 is 1.67 bits per heavy atom. The smallest absolute Gasteiger partial charge is 0.261 e. The molecule has 0 fully saturated rings. The highest BCUT2D eigenvalue weighted by atomic mass is 32.2. The summed E-state index contributed by atoms with van der Waals surface area (Å²) in [5, 5.41) is 3.17. The molecule has 0 spiro atoms. The van der Waals surface area contributed by atoms with Crippen molar-refractivity contribution in [1.29, 1.82) is 0 Å². The van der Waals surface area contributed by atoms with Gasteiger partial charge in [0.25, 0.3) is 10.0 Å². The number of aryl methyl sites for hydroxylation is 1. The third kappa shape index (κ3) is 4.62. The predicted molar refractivity (Wildman–Crippen MR) is 95.3 cm³/mol. The maximum Gasteiger partial charge on any atom is 0.261 e. The molecular weight excluding hydrogens is 328 g/mol. The van der Waals surface area contributed by atoms with Crippen LogP contribution in [0.3, 0.4) is 0 Å². The topological polar surface area (TPSA) is 76.7 Å². The van der Waals surface area contributed by atoms with Gasteiger partial charge in [0, 0.05) is 25.0 Å². The molecule has 0 unspecified atom stereocenters. The molecule has 0 atom stereocenters. The lowest BCUT2D eigenvalue weighted by atomic mass is 10.2. The predicted octanol–water partition coefficient (Wildman–Crippen LogP) is 2.86. The molecule has 0 aromatic heterocycles. The van der Waals surface area contributed by atoms with Gasteiger partial charge in [-0.2, -0.15) is 0 Å². The molecule has 2 rings (SSSR count). The molecule has 0 aliphatic rings. The fourth-order valence-electron chi connectivity index (χ4n) is 2.19. The van der Waals surface area contributed by atoms with Crippen molar-refractivity contribution < 1.29 is 17.9 Å². The van der Waals surface area contributed by atoms with Gasteiger partial charge in [0.2, 0.25) is 0 Å². The molecule has 0 heterocycles. The highest BCUT2D eigenvalue weighted by molar-refractivity contribution is 7.92. The fraction of sp³-hybridized carbons (Fsp3) is 0.294. The summed E-state index contributed by atoms with van der Waals surface area (Å²) in [7, 11) is -0.449. The summed E-state index contributed by atoms with van der Waals surface area (Å²) in [5.41, 5.74) is 2.16. The van der Waals surface area contributed by atoms with E-state index in [9.17, 15) is 8.42 Å². The average Bonchev–Trinajstić information content (AvgIpc) is 2.56. The lowest BCUT2D eigenvalue weighted by molar-refractivity contribution is 0.211.